The lowest BCUT2D eigenvalue weighted by Crippen LogP contribution is -2.32. The third-order valence-corrected chi connectivity index (χ3v) is 2.50. The largest absolute Gasteiger partial charge is 0.449 e. The predicted octanol–water partition coefficient (Wildman–Crippen LogP) is 3.20. The van der Waals surface area contributed by atoms with Crippen LogP contribution in [0.4, 0.5) is 0 Å². The van der Waals surface area contributed by atoms with E-state index in [2.05, 4.69) is 12.7 Å². The van der Waals surface area contributed by atoms with Crippen LogP contribution in [0, 0.1) is 0 Å². The average molecular weight is 238 g/mol. The summed E-state index contributed by atoms with van der Waals surface area (Å²) in [4.78, 5) is 22.6. The molecule has 0 saturated heterocycles. The molecule has 0 fully saturated rings. The first kappa shape index (κ1) is 15.6. The molecular formula is C14H22O3. The second-order valence-corrected chi connectivity index (χ2v) is 4.50. The van der Waals surface area contributed by atoms with Gasteiger partial charge in [0, 0.05) is 6.42 Å². The van der Waals surface area contributed by atoms with Crippen molar-refractivity contribution in [1.82, 2.24) is 0 Å². The van der Waals surface area contributed by atoms with Crippen molar-refractivity contribution < 1.29 is 14.3 Å². The molecule has 0 radical (unpaired) electrons. The average Bonchev–Trinajstić information content (AvgIpc) is 2.27. The monoisotopic (exact) mass is 238 g/mol. The van der Waals surface area contributed by atoms with Gasteiger partial charge >= 0.3 is 5.97 Å². The summed E-state index contributed by atoms with van der Waals surface area (Å²) < 4.78 is 5.19. The molecule has 96 valence electrons. The van der Waals surface area contributed by atoms with Crippen molar-refractivity contribution in [3.63, 3.8) is 0 Å². The molecule has 0 aromatic rings. The van der Waals surface area contributed by atoms with Gasteiger partial charge in [0.25, 0.3) is 0 Å². The van der Waals surface area contributed by atoms with E-state index in [9.17, 15) is 9.59 Å². The maximum absolute atomic E-state index is 11.4. The first-order chi connectivity index (χ1) is 7.84. The number of ketones is 1. The van der Waals surface area contributed by atoms with E-state index in [1.54, 1.807) is 19.9 Å². The van der Waals surface area contributed by atoms with Gasteiger partial charge in [0.1, 0.15) is 5.60 Å². The summed E-state index contributed by atoms with van der Waals surface area (Å²) in [6.45, 7) is 11.1. The van der Waals surface area contributed by atoms with Crippen LogP contribution in [0.1, 0.15) is 47.0 Å². The molecule has 1 unspecified atom stereocenters. The summed E-state index contributed by atoms with van der Waals surface area (Å²) in [7, 11) is 0. The summed E-state index contributed by atoms with van der Waals surface area (Å²) in [5.74, 6) is -1.27. The molecule has 0 aromatic carbocycles. The molecule has 0 aromatic heterocycles. The van der Waals surface area contributed by atoms with Crippen LogP contribution in [-0.2, 0) is 14.3 Å². The predicted molar refractivity (Wildman–Crippen MR) is 68.7 cm³/mol. The van der Waals surface area contributed by atoms with E-state index in [1.165, 1.54) is 5.57 Å². The highest BCUT2D eigenvalue weighted by atomic mass is 16.6. The molecular weight excluding hydrogens is 216 g/mol. The normalized spacial score (nSPS) is 13.4. The Labute approximate surface area is 104 Å². The molecule has 0 amide bonds. The topological polar surface area (TPSA) is 43.4 Å². The maximum Gasteiger partial charge on any atom is 0.375 e. The van der Waals surface area contributed by atoms with Crippen LogP contribution in [0.2, 0.25) is 0 Å². The number of carbonyl (C=O) groups is 2. The van der Waals surface area contributed by atoms with Crippen LogP contribution >= 0.6 is 0 Å². The van der Waals surface area contributed by atoms with Gasteiger partial charge in [-0.05, 0) is 39.7 Å². The number of hydrogen-bond donors (Lipinski definition) is 0. The third-order valence-electron chi connectivity index (χ3n) is 2.50. The lowest BCUT2D eigenvalue weighted by molar-refractivity contribution is -0.161. The number of esters is 1. The van der Waals surface area contributed by atoms with Gasteiger partial charge in [0.15, 0.2) is 0 Å². The van der Waals surface area contributed by atoms with Gasteiger partial charge in [-0.25, -0.2) is 4.79 Å². The number of allylic oxidation sites excluding steroid dienone is 2. The third kappa shape index (κ3) is 6.05. The first-order valence-corrected chi connectivity index (χ1v) is 5.87. The van der Waals surface area contributed by atoms with Crippen LogP contribution in [0.25, 0.3) is 0 Å². The number of hydrogen-bond acceptors (Lipinski definition) is 3. The Morgan fingerprint density at radius 1 is 1.35 bits per heavy atom. The molecule has 0 rings (SSSR count). The Bertz CT molecular complexity index is 324. The standard InChI is InChI=1S/C14H22O3/c1-6-12(15)13(16)17-14(5,7-2)10-8-9-11(3)4/h7,9H,2,6,8,10H2,1,3-5H3. The fourth-order valence-electron chi connectivity index (χ4n) is 1.26. The van der Waals surface area contributed by atoms with Gasteiger partial charge in [-0.3, -0.25) is 4.79 Å². The SMILES string of the molecule is C=CC(C)(CCC=C(C)C)OC(=O)C(=O)CC. The molecule has 0 aliphatic carbocycles. The smallest absolute Gasteiger partial charge is 0.375 e. The minimum atomic E-state index is -0.771. The van der Waals surface area contributed by atoms with Crippen molar-refractivity contribution >= 4 is 11.8 Å². The number of rotatable bonds is 7. The molecule has 0 heterocycles. The lowest BCUT2D eigenvalue weighted by Gasteiger charge is -2.25. The zero-order valence-corrected chi connectivity index (χ0v) is 11.2. The van der Waals surface area contributed by atoms with E-state index < -0.39 is 17.4 Å². The summed E-state index contributed by atoms with van der Waals surface area (Å²) in [5, 5.41) is 0. The molecule has 0 aliphatic heterocycles. The molecule has 0 saturated carbocycles. The molecule has 17 heavy (non-hydrogen) atoms. The molecule has 1 atom stereocenters. The van der Waals surface area contributed by atoms with Crippen LogP contribution in [0.3, 0.4) is 0 Å². The zero-order chi connectivity index (χ0) is 13.5. The summed E-state index contributed by atoms with van der Waals surface area (Å²) >= 11 is 0. The Morgan fingerprint density at radius 3 is 2.35 bits per heavy atom. The quantitative estimate of drug-likeness (QED) is 0.388. The van der Waals surface area contributed by atoms with Gasteiger partial charge < -0.3 is 4.74 Å². The highest BCUT2D eigenvalue weighted by Crippen LogP contribution is 2.20. The van der Waals surface area contributed by atoms with Gasteiger partial charge in [0.05, 0.1) is 0 Å². The zero-order valence-electron chi connectivity index (χ0n) is 11.2. The van der Waals surface area contributed by atoms with Crippen molar-refractivity contribution in [3.8, 4) is 0 Å². The van der Waals surface area contributed by atoms with Crippen LogP contribution in [-0.4, -0.2) is 17.4 Å². The highest BCUT2D eigenvalue weighted by molar-refractivity contribution is 6.33. The van der Waals surface area contributed by atoms with Gasteiger partial charge in [-0.2, -0.15) is 0 Å². The van der Waals surface area contributed by atoms with E-state index in [0.29, 0.717) is 6.42 Å². The van der Waals surface area contributed by atoms with Crippen LogP contribution in [0.5, 0.6) is 0 Å². The van der Waals surface area contributed by atoms with Crippen molar-refractivity contribution in [1.29, 1.82) is 0 Å². The lowest BCUT2D eigenvalue weighted by atomic mass is 9.99. The van der Waals surface area contributed by atoms with E-state index in [0.717, 1.165) is 6.42 Å². The molecule has 0 spiro atoms. The van der Waals surface area contributed by atoms with Crippen molar-refractivity contribution in [2.45, 2.75) is 52.6 Å². The van der Waals surface area contributed by atoms with Crippen molar-refractivity contribution in [3.05, 3.63) is 24.3 Å². The summed E-state index contributed by atoms with van der Waals surface area (Å²) in [6, 6.07) is 0. The molecule has 3 nitrogen and oxygen atoms in total. The summed E-state index contributed by atoms with van der Waals surface area (Å²) in [5.41, 5.74) is 0.445. The minimum absolute atomic E-state index is 0.167. The van der Waals surface area contributed by atoms with E-state index >= 15 is 0 Å². The van der Waals surface area contributed by atoms with Crippen LogP contribution < -0.4 is 0 Å². The number of Topliss-reactive ketones (excluding diaryl/α,β-unsaturated/α-hetero) is 1. The molecule has 0 aliphatic rings. The van der Waals surface area contributed by atoms with Gasteiger partial charge in [0.2, 0.25) is 5.78 Å². The highest BCUT2D eigenvalue weighted by Gasteiger charge is 2.27. The second kappa shape index (κ2) is 7.05. The van der Waals surface area contributed by atoms with Gasteiger partial charge in [-0.15, -0.1) is 0 Å². The Balaban J connectivity index is 4.47. The summed E-state index contributed by atoms with van der Waals surface area (Å²) in [6.07, 6.45) is 5.23. The van der Waals surface area contributed by atoms with Crippen LogP contribution in [0.15, 0.2) is 24.3 Å². The van der Waals surface area contributed by atoms with Gasteiger partial charge in [-0.1, -0.05) is 25.2 Å². The fraction of sp³-hybridized carbons (Fsp3) is 0.571. The molecule has 0 N–H and O–H groups in total. The first-order valence-electron chi connectivity index (χ1n) is 5.87. The van der Waals surface area contributed by atoms with E-state index in [-0.39, 0.29) is 6.42 Å². The van der Waals surface area contributed by atoms with E-state index in [1.807, 2.05) is 13.8 Å². The van der Waals surface area contributed by atoms with E-state index in [4.69, 9.17) is 4.74 Å². The van der Waals surface area contributed by atoms with Crippen molar-refractivity contribution in [2.75, 3.05) is 0 Å². The Morgan fingerprint density at radius 2 is 1.94 bits per heavy atom. The molecule has 0 bridgehead atoms. The van der Waals surface area contributed by atoms with Crippen molar-refractivity contribution in [2.24, 2.45) is 0 Å². The Hall–Kier alpha value is -1.38. The molecule has 3 heteroatoms. The number of carbonyl (C=O) groups excluding carboxylic acids is 2. The minimum Gasteiger partial charge on any atom is -0.449 e. The number of ether oxygens (including phenoxy) is 1. The second-order valence-electron chi connectivity index (χ2n) is 4.50. The maximum atomic E-state index is 11.4. The fourth-order valence-corrected chi connectivity index (χ4v) is 1.26. The Kier molecular flexibility index (Phi) is 6.47.